The van der Waals surface area contributed by atoms with Crippen LogP contribution in [0.5, 0.6) is 11.5 Å². The topological polar surface area (TPSA) is 47.6 Å². The second kappa shape index (κ2) is 5.93. The van der Waals surface area contributed by atoms with Crippen molar-refractivity contribution in [1.82, 2.24) is 5.32 Å². The lowest BCUT2D eigenvalue weighted by Crippen LogP contribution is -2.25. The maximum absolute atomic E-state index is 12.3. The van der Waals surface area contributed by atoms with E-state index >= 15 is 0 Å². The number of hydrogen-bond acceptors (Lipinski definition) is 3. The second-order valence-electron chi connectivity index (χ2n) is 5.00. The Bertz CT molecular complexity index is 739. The van der Waals surface area contributed by atoms with Crippen molar-refractivity contribution in [3.8, 4) is 11.5 Å². The number of carbonyl (C=O) groups is 1. The highest BCUT2D eigenvalue weighted by molar-refractivity contribution is 6.01. The van der Waals surface area contributed by atoms with Crippen LogP contribution in [0.1, 0.15) is 5.56 Å². The minimum atomic E-state index is -0.0842. The summed E-state index contributed by atoms with van der Waals surface area (Å²) in [4.78, 5) is 12.3. The third kappa shape index (κ3) is 2.55. The van der Waals surface area contributed by atoms with Gasteiger partial charge < -0.3 is 14.8 Å². The molecule has 0 atom stereocenters. The van der Waals surface area contributed by atoms with Crippen molar-refractivity contribution in [3.63, 3.8) is 0 Å². The SMILES string of the molecule is COc1ccc(CNC(=O)C2=CC=C3C=CC=C32)c(OC)c1. The fraction of sp³-hybridized carbons (Fsp3) is 0.167. The lowest BCUT2D eigenvalue weighted by atomic mass is 10.1. The molecule has 0 spiro atoms. The quantitative estimate of drug-likeness (QED) is 0.908. The number of hydrogen-bond donors (Lipinski definition) is 1. The maximum atomic E-state index is 12.3. The van der Waals surface area contributed by atoms with Crippen molar-refractivity contribution in [2.45, 2.75) is 6.54 Å². The van der Waals surface area contributed by atoms with Gasteiger partial charge in [0.15, 0.2) is 0 Å². The summed E-state index contributed by atoms with van der Waals surface area (Å²) in [6.45, 7) is 0.402. The summed E-state index contributed by atoms with van der Waals surface area (Å²) < 4.78 is 10.5. The Balaban J connectivity index is 1.67. The highest BCUT2D eigenvalue weighted by Crippen LogP contribution is 2.31. The van der Waals surface area contributed by atoms with Gasteiger partial charge in [-0.25, -0.2) is 0 Å². The summed E-state index contributed by atoms with van der Waals surface area (Å²) in [5.74, 6) is 1.33. The van der Waals surface area contributed by atoms with Crippen LogP contribution < -0.4 is 14.8 Å². The van der Waals surface area contributed by atoms with Crippen LogP contribution in [0.4, 0.5) is 0 Å². The van der Waals surface area contributed by atoms with Gasteiger partial charge in [0.1, 0.15) is 11.5 Å². The fourth-order valence-electron chi connectivity index (χ4n) is 2.55. The van der Waals surface area contributed by atoms with Gasteiger partial charge in [-0.15, -0.1) is 0 Å². The van der Waals surface area contributed by atoms with Crippen LogP contribution in [0, 0.1) is 0 Å². The first-order valence-corrected chi connectivity index (χ1v) is 7.03. The lowest BCUT2D eigenvalue weighted by Gasteiger charge is -2.12. The van der Waals surface area contributed by atoms with Crippen molar-refractivity contribution >= 4 is 5.91 Å². The Kier molecular flexibility index (Phi) is 3.83. The van der Waals surface area contributed by atoms with E-state index in [1.807, 2.05) is 42.5 Å². The van der Waals surface area contributed by atoms with E-state index in [1.54, 1.807) is 20.3 Å². The van der Waals surface area contributed by atoms with Crippen molar-refractivity contribution < 1.29 is 14.3 Å². The Morgan fingerprint density at radius 3 is 2.77 bits per heavy atom. The third-order valence-corrected chi connectivity index (χ3v) is 3.75. The van der Waals surface area contributed by atoms with Crippen LogP contribution in [0.15, 0.2) is 65.3 Å². The van der Waals surface area contributed by atoms with Gasteiger partial charge in [-0.2, -0.15) is 0 Å². The van der Waals surface area contributed by atoms with Gasteiger partial charge in [0.25, 0.3) is 5.91 Å². The van der Waals surface area contributed by atoms with Gasteiger partial charge in [-0.05, 0) is 29.4 Å². The van der Waals surface area contributed by atoms with Crippen molar-refractivity contribution in [2.75, 3.05) is 14.2 Å². The zero-order valence-corrected chi connectivity index (χ0v) is 12.6. The number of nitrogens with one attached hydrogen (secondary N) is 1. The molecule has 2 aliphatic carbocycles. The summed E-state index contributed by atoms with van der Waals surface area (Å²) in [5.41, 5.74) is 3.68. The Labute approximate surface area is 129 Å². The van der Waals surface area contributed by atoms with E-state index in [0.717, 1.165) is 22.5 Å². The minimum Gasteiger partial charge on any atom is -0.497 e. The van der Waals surface area contributed by atoms with E-state index in [-0.39, 0.29) is 5.91 Å². The van der Waals surface area contributed by atoms with Crippen LogP contribution in [0.2, 0.25) is 0 Å². The summed E-state index contributed by atoms with van der Waals surface area (Å²) >= 11 is 0. The third-order valence-electron chi connectivity index (χ3n) is 3.75. The zero-order chi connectivity index (χ0) is 15.5. The van der Waals surface area contributed by atoms with Crippen molar-refractivity contribution in [3.05, 3.63) is 70.9 Å². The molecule has 0 unspecified atom stereocenters. The molecule has 0 heterocycles. The average Bonchev–Trinajstić information content (AvgIpc) is 3.15. The molecule has 4 heteroatoms. The van der Waals surface area contributed by atoms with Crippen molar-refractivity contribution in [1.29, 1.82) is 0 Å². The molecule has 0 fully saturated rings. The molecular weight excluding hydrogens is 278 g/mol. The summed E-state index contributed by atoms with van der Waals surface area (Å²) in [6.07, 6.45) is 9.72. The van der Waals surface area contributed by atoms with E-state index in [4.69, 9.17) is 9.47 Å². The van der Waals surface area contributed by atoms with Crippen LogP contribution in [0.25, 0.3) is 0 Å². The number of rotatable bonds is 5. The van der Waals surface area contributed by atoms with Gasteiger partial charge in [0.2, 0.25) is 0 Å². The van der Waals surface area contributed by atoms with Gasteiger partial charge in [0, 0.05) is 23.7 Å². The molecule has 22 heavy (non-hydrogen) atoms. The first kappa shape index (κ1) is 14.2. The number of benzene rings is 1. The molecule has 1 N–H and O–H groups in total. The molecule has 1 aromatic carbocycles. The second-order valence-corrected chi connectivity index (χ2v) is 5.00. The van der Waals surface area contributed by atoms with Gasteiger partial charge in [0.05, 0.1) is 14.2 Å². The molecule has 0 radical (unpaired) electrons. The molecule has 0 saturated carbocycles. The molecule has 0 aromatic heterocycles. The molecule has 4 nitrogen and oxygen atoms in total. The number of amides is 1. The molecule has 1 amide bonds. The molecule has 0 bridgehead atoms. The predicted molar refractivity (Wildman–Crippen MR) is 84.8 cm³/mol. The first-order valence-electron chi connectivity index (χ1n) is 7.03. The lowest BCUT2D eigenvalue weighted by molar-refractivity contribution is -0.117. The molecule has 1 aromatic rings. The number of methoxy groups -OCH3 is 2. The highest BCUT2D eigenvalue weighted by Gasteiger charge is 2.21. The van der Waals surface area contributed by atoms with Gasteiger partial charge in [-0.1, -0.05) is 24.3 Å². The molecule has 0 saturated heterocycles. The number of carbonyl (C=O) groups excluding carboxylic acids is 1. The number of ether oxygens (including phenoxy) is 2. The smallest absolute Gasteiger partial charge is 0.252 e. The molecule has 112 valence electrons. The molecule has 2 aliphatic rings. The number of allylic oxidation sites excluding steroid dienone is 6. The standard InChI is InChI=1S/C18H17NO3/c1-21-14-8-6-13(17(10-14)22-2)11-19-18(20)16-9-7-12-4-3-5-15(12)16/h3-10H,11H2,1-2H3,(H,19,20). The molecular formula is C18H17NO3. The van der Waals surface area contributed by atoms with Crippen LogP contribution in [-0.2, 0) is 11.3 Å². The monoisotopic (exact) mass is 295 g/mol. The number of fused-ring (bicyclic) bond motifs is 1. The highest BCUT2D eigenvalue weighted by atomic mass is 16.5. The zero-order valence-electron chi connectivity index (χ0n) is 12.6. The Hall–Kier alpha value is -2.75. The largest absolute Gasteiger partial charge is 0.497 e. The van der Waals surface area contributed by atoms with E-state index in [1.165, 1.54) is 0 Å². The van der Waals surface area contributed by atoms with Crippen LogP contribution >= 0.6 is 0 Å². The van der Waals surface area contributed by atoms with Crippen molar-refractivity contribution in [2.24, 2.45) is 0 Å². The predicted octanol–water partition coefficient (Wildman–Crippen LogP) is 2.68. The Morgan fingerprint density at radius 2 is 2.00 bits per heavy atom. The first-order chi connectivity index (χ1) is 10.7. The van der Waals surface area contributed by atoms with Gasteiger partial charge >= 0.3 is 0 Å². The summed E-state index contributed by atoms with van der Waals surface area (Å²) in [7, 11) is 3.21. The summed E-state index contributed by atoms with van der Waals surface area (Å²) in [6, 6.07) is 5.54. The fourth-order valence-corrected chi connectivity index (χ4v) is 2.55. The molecule has 0 aliphatic heterocycles. The van der Waals surface area contributed by atoms with E-state index < -0.39 is 0 Å². The average molecular weight is 295 g/mol. The van der Waals surface area contributed by atoms with E-state index in [0.29, 0.717) is 17.9 Å². The molecule has 3 rings (SSSR count). The normalized spacial score (nSPS) is 14.9. The van der Waals surface area contributed by atoms with E-state index in [9.17, 15) is 4.79 Å². The minimum absolute atomic E-state index is 0.0842. The summed E-state index contributed by atoms with van der Waals surface area (Å²) in [5, 5.41) is 2.94. The Morgan fingerprint density at radius 1 is 1.14 bits per heavy atom. The van der Waals surface area contributed by atoms with Gasteiger partial charge in [-0.3, -0.25) is 4.79 Å². The van der Waals surface area contributed by atoms with Crippen LogP contribution in [-0.4, -0.2) is 20.1 Å². The maximum Gasteiger partial charge on any atom is 0.252 e. The van der Waals surface area contributed by atoms with E-state index in [2.05, 4.69) is 5.32 Å². The van der Waals surface area contributed by atoms with Crippen LogP contribution in [0.3, 0.4) is 0 Å².